The fraction of sp³-hybridized carbons (Fsp3) is 0.400. The van der Waals surface area contributed by atoms with Crippen LogP contribution in [0.5, 0.6) is 0 Å². The van der Waals surface area contributed by atoms with Crippen molar-refractivity contribution in [3.63, 3.8) is 0 Å². The Morgan fingerprint density at radius 1 is 0.909 bits per heavy atom. The summed E-state index contributed by atoms with van der Waals surface area (Å²) in [4.78, 5) is 2.55. The number of piperidine rings is 1. The Kier molecular flexibility index (Phi) is 3.63. The van der Waals surface area contributed by atoms with Crippen LogP contribution in [0.2, 0.25) is 0 Å². The lowest BCUT2D eigenvalue weighted by Gasteiger charge is -2.32. The van der Waals surface area contributed by atoms with Gasteiger partial charge in [-0.3, -0.25) is 0 Å². The molecule has 4 rings (SSSR count). The Hall–Kier alpha value is -1.80. The third kappa shape index (κ3) is 2.32. The van der Waals surface area contributed by atoms with Crippen LogP contribution < -0.4 is 0 Å². The molecule has 0 radical (unpaired) electrons. The van der Waals surface area contributed by atoms with E-state index < -0.39 is 0 Å². The molecule has 1 saturated heterocycles. The number of aromatic nitrogens is 1. The van der Waals surface area contributed by atoms with Crippen molar-refractivity contribution in [2.45, 2.75) is 38.3 Å². The zero-order valence-corrected chi connectivity index (χ0v) is 13.3. The van der Waals surface area contributed by atoms with E-state index in [1.54, 1.807) is 0 Å². The number of hydrogen-bond acceptors (Lipinski definition) is 1. The van der Waals surface area contributed by atoms with Gasteiger partial charge in [-0.2, -0.15) is 0 Å². The smallest absolute Gasteiger partial charge is 0.0491 e. The second kappa shape index (κ2) is 5.77. The molecule has 1 unspecified atom stereocenters. The number of fused-ring (bicyclic) bond motifs is 3. The molecule has 0 saturated carbocycles. The first kappa shape index (κ1) is 13.8. The zero-order valence-electron chi connectivity index (χ0n) is 13.3. The lowest BCUT2D eigenvalue weighted by molar-refractivity contribution is 0.172. The van der Waals surface area contributed by atoms with Crippen molar-refractivity contribution >= 4 is 21.8 Å². The Labute approximate surface area is 132 Å². The molecule has 2 heteroatoms. The molecule has 0 bridgehead atoms. The second-order valence-electron chi connectivity index (χ2n) is 6.60. The fourth-order valence-electron chi connectivity index (χ4n) is 4.03. The lowest BCUT2D eigenvalue weighted by atomic mass is 10.00. The van der Waals surface area contributed by atoms with Crippen molar-refractivity contribution in [1.82, 2.24) is 9.47 Å². The van der Waals surface area contributed by atoms with E-state index >= 15 is 0 Å². The molecule has 0 N–H and O–H groups in total. The third-order valence-electron chi connectivity index (χ3n) is 5.29. The maximum atomic E-state index is 2.55. The van der Waals surface area contributed by atoms with Gasteiger partial charge in [0.15, 0.2) is 0 Å². The molecule has 1 aliphatic rings. The molecular weight excluding hydrogens is 268 g/mol. The summed E-state index contributed by atoms with van der Waals surface area (Å²) in [5.74, 6) is 0. The van der Waals surface area contributed by atoms with Crippen LogP contribution in [0, 0.1) is 0 Å². The van der Waals surface area contributed by atoms with Gasteiger partial charge in [0, 0.05) is 34.4 Å². The molecule has 0 amide bonds. The minimum atomic E-state index is 0.744. The van der Waals surface area contributed by atoms with E-state index in [0.29, 0.717) is 0 Å². The van der Waals surface area contributed by atoms with Crippen LogP contribution in [0.4, 0.5) is 0 Å². The van der Waals surface area contributed by atoms with Crippen LogP contribution in [0.1, 0.15) is 25.7 Å². The van der Waals surface area contributed by atoms with Crippen molar-refractivity contribution in [2.24, 2.45) is 0 Å². The number of benzene rings is 2. The van der Waals surface area contributed by atoms with Crippen molar-refractivity contribution in [1.29, 1.82) is 0 Å². The van der Waals surface area contributed by atoms with Crippen molar-refractivity contribution in [2.75, 3.05) is 13.6 Å². The monoisotopic (exact) mass is 292 g/mol. The summed E-state index contributed by atoms with van der Waals surface area (Å²) in [7, 11) is 2.29. The van der Waals surface area contributed by atoms with E-state index in [-0.39, 0.29) is 0 Å². The van der Waals surface area contributed by atoms with Gasteiger partial charge in [-0.1, -0.05) is 42.8 Å². The Balaban J connectivity index is 1.70. The van der Waals surface area contributed by atoms with Crippen LogP contribution in [-0.4, -0.2) is 29.1 Å². The maximum absolute atomic E-state index is 2.55. The quantitative estimate of drug-likeness (QED) is 0.681. The standard InChI is InChI=1S/C20H24N2/c1-21-14-7-6-8-16(21)13-15-22-19-11-4-2-9-17(19)18-10-3-5-12-20(18)22/h2-5,9-12,16H,6-8,13-15H2,1H3. The molecule has 2 heterocycles. The first-order valence-electron chi connectivity index (χ1n) is 8.51. The second-order valence-corrected chi connectivity index (χ2v) is 6.60. The molecule has 1 fully saturated rings. The molecular formula is C20H24N2. The predicted molar refractivity (Wildman–Crippen MR) is 94.3 cm³/mol. The number of hydrogen-bond donors (Lipinski definition) is 0. The molecule has 0 spiro atoms. The summed E-state index contributed by atoms with van der Waals surface area (Å²) in [5, 5.41) is 2.77. The van der Waals surface area contributed by atoms with Gasteiger partial charge >= 0.3 is 0 Å². The molecule has 1 aromatic heterocycles. The highest BCUT2D eigenvalue weighted by Crippen LogP contribution is 2.29. The predicted octanol–water partition coefficient (Wildman–Crippen LogP) is 4.67. The number of likely N-dealkylation sites (tertiary alicyclic amines) is 1. The van der Waals surface area contributed by atoms with E-state index in [4.69, 9.17) is 0 Å². The number of aryl methyl sites for hydroxylation is 1. The summed E-state index contributed by atoms with van der Waals surface area (Å²) in [6, 6.07) is 18.4. The van der Waals surface area contributed by atoms with E-state index in [2.05, 4.69) is 65.0 Å². The van der Waals surface area contributed by atoms with Gasteiger partial charge in [0.05, 0.1) is 0 Å². The summed E-state index contributed by atoms with van der Waals surface area (Å²) in [6.07, 6.45) is 5.36. The minimum Gasteiger partial charge on any atom is -0.340 e. The van der Waals surface area contributed by atoms with Crippen LogP contribution in [-0.2, 0) is 6.54 Å². The number of rotatable bonds is 3. The van der Waals surface area contributed by atoms with Crippen molar-refractivity contribution < 1.29 is 0 Å². The van der Waals surface area contributed by atoms with E-state index in [1.165, 1.54) is 54.0 Å². The molecule has 3 aromatic rings. The topological polar surface area (TPSA) is 8.17 Å². The van der Waals surface area contributed by atoms with Gasteiger partial charge in [0.2, 0.25) is 0 Å². The molecule has 2 nitrogen and oxygen atoms in total. The first-order valence-corrected chi connectivity index (χ1v) is 8.51. The highest BCUT2D eigenvalue weighted by Gasteiger charge is 2.19. The lowest BCUT2D eigenvalue weighted by Crippen LogP contribution is -2.36. The molecule has 1 atom stereocenters. The highest BCUT2D eigenvalue weighted by molar-refractivity contribution is 6.07. The fourth-order valence-corrected chi connectivity index (χ4v) is 4.03. The van der Waals surface area contributed by atoms with E-state index in [1.807, 2.05) is 0 Å². The van der Waals surface area contributed by atoms with Gasteiger partial charge in [0.25, 0.3) is 0 Å². The number of nitrogens with zero attached hydrogens (tertiary/aromatic N) is 2. The number of para-hydroxylation sites is 2. The van der Waals surface area contributed by atoms with Crippen LogP contribution in [0.15, 0.2) is 48.5 Å². The Bertz CT molecular complexity index is 733. The van der Waals surface area contributed by atoms with Crippen molar-refractivity contribution in [3.05, 3.63) is 48.5 Å². The van der Waals surface area contributed by atoms with Gasteiger partial charge in [-0.05, 0) is 45.0 Å². The third-order valence-corrected chi connectivity index (χ3v) is 5.29. The van der Waals surface area contributed by atoms with E-state index in [9.17, 15) is 0 Å². The van der Waals surface area contributed by atoms with Gasteiger partial charge in [-0.15, -0.1) is 0 Å². The Morgan fingerprint density at radius 2 is 1.55 bits per heavy atom. The SMILES string of the molecule is CN1CCCCC1CCn1c2ccccc2c2ccccc21. The summed E-state index contributed by atoms with van der Waals surface area (Å²) in [5.41, 5.74) is 2.75. The summed E-state index contributed by atoms with van der Waals surface area (Å²) in [6.45, 7) is 2.38. The van der Waals surface area contributed by atoms with Gasteiger partial charge in [-0.25, -0.2) is 0 Å². The zero-order chi connectivity index (χ0) is 14.9. The van der Waals surface area contributed by atoms with Crippen molar-refractivity contribution in [3.8, 4) is 0 Å². The molecule has 0 aliphatic carbocycles. The maximum Gasteiger partial charge on any atom is 0.0491 e. The van der Waals surface area contributed by atoms with Gasteiger partial charge in [0.1, 0.15) is 0 Å². The summed E-state index contributed by atoms with van der Waals surface area (Å²) >= 11 is 0. The molecule has 22 heavy (non-hydrogen) atoms. The first-order chi connectivity index (χ1) is 10.8. The van der Waals surface area contributed by atoms with Crippen LogP contribution in [0.3, 0.4) is 0 Å². The van der Waals surface area contributed by atoms with Crippen LogP contribution >= 0.6 is 0 Å². The molecule has 1 aliphatic heterocycles. The Morgan fingerprint density at radius 3 is 2.18 bits per heavy atom. The normalized spacial score (nSPS) is 20.0. The minimum absolute atomic E-state index is 0.744. The van der Waals surface area contributed by atoms with Crippen LogP contribution in [0.25, 0.3) is 21.8 Å². The summed E-state index contributed by atoms with van der Waals surface area (Å²) < 4.78 is 2.52. The highest BCUT2D eigenvalue weighted by atomic mass is 15.1. The molecule has 114 valence electrons. The average molecular weight is 292 g/mol. The van der Waals surface area contributed by atoms with Gasteiger partial charge < -0.3 is 9.47 Å². The molecule has 2 aromatic carbocycles. The average Bonchev–Trinajstić information content (AvgIpc) is 2.89. The van der Waals surface area contributed by atoms with E-state index in [0.717, 1.165) is 12.6 Å². The largest absolute Gasteiger partial charge is 0.340 e.